The van der Waals surface area contributed by atoms with Gasteiger partial charge in [0, 0.05) is 43.1 Å². The van der Waals surface area contributed by atoms with Gasteiger partial charge < -0.3 is 19.3 Å². The standard InChI is InChI=1S/C34H33N3O4/c1-40-27-16-12-24(13-17-27)32-31(34(39)36-22-20-35(21-23-36)25-8-4-3-5-9-25)29-10-6-7-11-30(29)33(38)37(32)26-14-18-28(41-2)19-15-26/h3-19,31-32H,20-23H2,1-2H3. The molecule has 0 radical (unpaired) electrons. The van der Waals surface area contributed by atoms with Gasteiger partial charge in [-0.1, -0.05) is 48.5 Å². The number of fused-ring (bicyclic) bond motifs is 1. The first kappa shape index (κ1) is 26.4. The summed E-state index contributed by atoms with van der Waals surface area (Å²) in [5.74, 6) is 0.722. The number of rotatable bonds is 6. The minimum absolute atomic E-state index is 0.0250. The molecule has 0 aliphatic carbocycles. The number of nitrogens with zero attached hydrogens (tertiary/aromatic N) is 3. The quantitative estimate of drug-likeness (QED) is 0.317. The van der Waals surface area contributed by atoms with Crippen molar-refractivity contribution in [2.75, 3.05) is 50.2 Å². The molecular weight excluding hydrogens is 514 g/mol. The van der Waals surface area contributed by atoms with Crippen molar-refractivity contribution in [3.63, 3.8) is 0 Å². The summed E-state index contributed by atoms with van der Waals surface area (Å²) in [6, 6.07) is 32.4. The van der Waals surface area contributed by atoms with E-state index < -0.39 is 12.0 Å². The highest BCUT2D eigenvalue weighted by atomic mass is 16.5. The molecule has 4 aromatic carbocycles. The molecule has 0 saturated carbocycles. The smallest absolute Gasteiger partial charge is 0.259 e. The van der Waals surface area contributed by atoms with Crippen molar-refractivity contribution in [1.82, 2.24) is 4.90 Å². The molecule has 0 aromatic heterocycles. The minimum atomic E-state index is -0.581. The highest BCUT2D eigenvalue weighted by Gasteiger charge is 2.46. The number of benzene rings is 4. The van der Waals surface area contributed by atoms with Crippen LogP contribution in [0.15, 0.2) is 103 Å². The largest absolute Gasteiger partial charge is 0.497 e. The van der Waals surface area contributed by atoms with E-state index in [-0.39, 0.29) is 11.8 Å². The van der Waals surface area contributed by atoms with Crippen LogP contribution < -0.4 is 19.3 Å². The summed E-state index contributed by atoms with van der Waals surface area (Å²) in [6.07, 6.45) is 0. The zero-order valence-electron chi connectivity index (χ0n) is 23.3. The number of piperazine rings is 1. The summed E-state index contributed by atoms with van der Waals surface area (Å²) in [6.45, 7) is 2.72. The van der Waals surface area contributed by atoms with Gasteiger partial charge in [0.2, 0.25) is 5.91 Å². The summed E-state index contributed by atoms with van der Waals surface area (Å²) in [5.41, 5.74) is 4.05. The molecule has 0 N–H and O–H groups in total. The third kappa shape index (κ3) is 4.99. The van der Waals surface area contributed by atoms with Gasteiger partial charge in [-0.25, -0.2) is 0 Å². The lowest BCUT2D eigenvalue weighted by Gasteiger charge is -2.44. The van der Waals surface area contributed by atoms with Gasteiger partial charge in [0.15, 0.2) is 0 Å². The van der Waals surface area contributed by atoms with E-state index in [0.717, 1.165) is 29.9 Å². The lowest BCUT2D eigenvalue weighted by molar-refractivity contribution is -0.133. The van der Waals surface area contributed by atoms with Gasteiger partial charge in [-0.3, -0.25) is 14.5 Å². The molecule has 4 aromatic rings. The number of ether oxygens (including phenoxy) is 2. The molecule has 2 heterocycles. The third-order valence-electron chi connectivity index (χ3n) is 8.13. The molecule has 2 aliphatic rings. The molecular formula is C34H33N3O4. The molecule has 7 heteroatoms. The fourth-order valence-electron chi connectivity index (χ4n) is 5.99. The summed E-state index contributed by atoms with van der Waals surface area (Å²) in [4.78, 5) is 34.8. The van der Waals surface area contributed by atoms with Crippen LogP contribution in [0.25, 0.3) is 0 Å². The molecule has 1 saturated heterocycles. The normalized spacial score (nSPS) is 18.6. The zero-order chi connectivity index (χ0) is 28.3. The maximum absolute atomic E-state index is 14.6. The number of carbonyl (C=O) groups excluding carboxylic acids is 2. The Labute approximate surface area is 240 Å². The SMILES string of the molecule is COc1ccc(C2C(C(=O)N3CCN(c4ccccc4)CC3)c3ccccc3C(=O)N2c2ccc(OC)cc2)cc1. The van der Waals surface area contributed by atoms with E-state index in [1.165, 1.54) is 0 Å². The van der Waals surface area contributed by atoms with E-state index in [2.05, 4.69) is 17.0 Å². The number of amides is 2. The molecule has 2 atom stereocenters. The Morgan fingerprint density at radius 3 is 1.90 bits per heavy atom. The van der Waals surface area contributed by atoms with Crippen LogP contribution in [0.5, 0.6) is 11.5 Å². The van der Waals surface area contributed by atoms with Crippen LogP contribution in [0, 0.1) is 0 Å². The number of hydrogen-bond acceptors (Lipinski definition) is 5. The van der Waals surface area contributed by atoms with Crippen LogP contribution in [0.4, 0.5) is 11.4 Å². The van der Waals surface area contributed by atoms with E-state index in [4.69, 9.17) is 9.47 Å². The molecule has 41 heavy (non-hydrogen) atoms. The fourth-order valence-corrected chi connectivity index (χ4v) is 5.99. The summed E-state index contributed by atoms with van der Waals surface area (Å²) in [7, 11) is 3.24. The molecule has 2 unspecified atom stereocenters. The highest BCUT2D eigenvalue weighted by Crippen LogP contribution is 2.46. The number of para-hydroxylation sites is 1. The van der Waals surface area contributed by atoms with E-state index >= 15 is 0 Å². The highest BCUT2D eigenvalue weighted by molar-refractivity contribution is 6.11. The second-order valence-corrected chi connectivity index (χ2v) is 10.3. The van der Waals surface area contributed by atoms with E-state index in [9.17, 15) is 9.59 Å². The van der Waals surface area contributed by atoms with Gasteiger partial charge in [-0.15, -0.1) is 0 Å². The van der Waals surface area contributed by atoms with Crippen molar-refractivity contribution >= 4 is 23.2 Å². The van der Waals surface area contributed by atoms with Crippen LogP contribution in [-0.2, 0) is 4.79 Å². The molecule has 1 fully saturated rings. The Balaban J connectivity index is 1.41. The Bertz CT molecular complexity index is 1510. The Kier molecular flexibility index (Phi) is 7.33. The predicted octanol–water partition coefficient (Wildman–Crippen LogP) is 5.54. The second-order valence-electron chi connectivity index (χ2n) is 10.3. The topological polar surface area (TPSA) is 62.3 Å². The van der Waals surface area contributed by atoms with Crippen LogP contribution in [-0.4, -0.2) is 57.1 Å². The maximum Gasteiger partial charge on any atom is 0.259 e. The molecule has 2 aliphatic heterocycles. The summed E-state index contributed by atoms with van der Waals surface area (Å²) in [5, 5.41) is 0. The van der Waals surface area contributed by atoms with E-state index in [1.54, 1.807) is 19.1 Å². The number of hydrogen-bond donors (Lipinski definition) is 0. The van der Waals surface area contributed by atoms with Crippen molar-refractivity contribution in [2.24, 2.45) is 0 Å². The molecule has 6 rings (SSSR count). The van der Waals surface area contributed by atoms with E-state index in [1.807, 2.05) is 95.9 Å². The van der Waals surface area contributed by atoms with Gasteiger partial charge in [0.1, 0.15) is 11.5 Å². The van der Waals surface area contributed by atoms with Crippen molar-refractivity contribution < 1.29 is 19.1 Å². The zero-order valence-corrected chi connectivity index (χ0v) is 23.3. The average Bonchev–Trinajstić information content (AvgIpc) is 3.05. The predicted molar refractivity (Wildman–Crippen MR) is 160 cm³/mol. The van der Waals surface area contributed by atoms with Crippen molar-refractivity contribution in [3.05, 3.63) is 120 Å². The summed E-state index contributed by atoms with van der Waals surface area (Å²) >= 11 is 0. The van der Waals surface area contributed by atoms with Crippen LogP contribution in [0.1, 0.15) is 33.4 Å². The Hall–Kier alpha value is -4.78. The Morgan fingerprint density at radius 2 is 1.27 bits per heavy atom. The van der Waals surface area contributed by atoms with Gasteiger partial charge >= 0.3 is 0 Å². The van der Waals surface area contributed by atoms with Gasteiger partial charge in [-0.2, -0.15) is 0 Å². The molecule has 2 amide bonds. The fraction of sp³-hybridized carbons (Fsp3) is 0.235. The second kappa shape index (κ2) is 11.4. The number of methoxy groups -OCH3 is 2. The average molecular weight is 548 g/mol. The maximum atomic E-state index is 14.6. The number of carbonyl (C=O) groups is 2. The van der Waals surface area contributed by atoms with Gasteiger partial charge in [0.25, 0.3) is 5.91 Å². The molecule has 0 spiro atoms. The van der Waals surface area contributed by atoms with Crippen LogP contribution in [0.3, 0.4) is 0 Å². The van der Waals surface area contributed by atoms with Crippen molar-refractivity contribution in [2.45, 2.75) is 12.0 Å². The van der Waals surface area contributed by atoms with Crippen molar-refractivity contribution in [1.29, 1.82) is 0 Å². The first-order chi connectivity index (χ1) is 20.1. The Morgan fingerprint density at radius 1 is 0.683 bits per heavy atom. The van der Waals surface area contributed by atoms with Crippen LogP contribution in [0.2, 0.25) is 0 Å². The first-order valence-electron chi connectivity index (χ1n) is 13.9. The van der Waals surface area contributed by atoms with E-state index in [0.29, 0.717) is 35.8 Å². The van der Waals surface area contributed by atoms with Crippen molar-refractivity contribution in [3.8, 4) is 11.5 Å². The monoisotopic (exact) mass is 547 g/mol. The molecule has 208 valence electrons. The van der Waals surface area contributed by atoms with Crippen LogP contribution >= 0.6 is 0 Å². The lowest BCUT2D eigenvalue weighted by Crippen LogP contribution is -2.53. The third-order valence-corrected chi connectivity index (χ3v) is 8.13. The molecule has 0 bridgehead atoms. The minimum Gasteiger partial charge on any atom is -0.497 e. The van der Waals surface area contributed by atoms with Gasteiger partial charge in [-0.05, 0) is 65.7 Å². The molecule has 7 nitrogen and oxygen atoms in total. The summed E-state index contributed by atoms with van der Waals surface area (Å²) < 4.78 is 10.8. The van der Waals surface area contributed by atoms with Gasteiger partial charge in [0.05, 0.1) is 26.2 Å². The first-order valence-corrected chi connectivity index (χ1v) is 13.9. The number of anilines is 2. The lowest BCUT2D eigenvalue weighted by atomic mass is 9.78.